The minimum Gasteiger partial charge on any atom is -0.309 e. The van der Waals surface area contributed by atoms with Gasteiger partial charge in [-0.05, 0) is 31.0 Å². The summed E-state index contributed by atoms with van der Waals surface area (Å²) in [6.07, 6.45) is 4.77. The Kier molecular flexibility index (Phi) is 5.39. The Labute approximate surface area is 126 Å². The molecule has 2 rings (SSSR count). The molecule has 4 heteroatoms. The smallest absolute Gasteiger partial charge is 0.309 e. The second kappa shape index (κ2) is 7.27. The number of likely N-dealkylation sites (N-methyl/N-ethyl adjacent to an activating group) is 1. The quantitative estimate of drug-likeness (QED) is 0.850. The Morgan fingerprint density at radius 1 is 1.05 bits per heavy atom. The lowest BCUT2D eigenvalue weighted by Gasteiger charge is -2.19. The van der Waals surface area contributed by atoms with Gasteiger partial charge >= 0.3 is 5.69 Å². The third kappa shape index (κ3) is 3.64. The molecule has 2 aromatic rings. The Morgan fingerprint density at radius 3 is 2.24 bits per heavy atom. The number of benzene rings is 1. The van der Waals surface area contributed by atoms with E-state index in [2.05, 4.69) is 43.4 Å². The molecule has 4 nitrogen and oxygen atoms in total. The average molecular weight is 287 g/mol. The maximum absolute atomic E-state index is 12.2. The predicted molar refractivity (Wildman–Crippen MR) is 86.6 cm³/mol. The van der Waals surface area contributed by atoms with Gasteiger partial charge in [0.1, 0.15) is 0 Å². The lowest BCUT2D eigenvalue weighted by molar-refractivity contribution is 0.462. The van der Waals surface area contributed by atoms with Crippen molar-refractivity contribution in [1.29, 1.82) is 0 Å². The van der Waals surface area contributed by atoms with Crippen molar-refractivity contribution < 1.29 is 0 Å². The highest BCUT2D eigenvalue weighted by Crippen LogP contribution is 2.16. The summed E-state index contributed by atoms with van der Waals surface area (Å²) in [6, 6.07) is 8.81. The monoisotopic (exact) mass is 287 g/mol. The topological polar surface area (TPSA) is 39.0 Å². The zero-order valence-corrected chi connectivity index (χ0v) is 13.2. The highest BCUT2D eigenvalue weighted by atomic mass is 16.1. The van der Waals surface area contributed by atoms with Gasteiger partial charge in [-0.15, -0.1) is 0 Å². The van der Waals surface area contributed by atoms with E-state index >= 15 is 0 Å². The summed E-state index contributed by atoms with van der Waals surface area (Å²) in [5.41, 5.74) is 2.62. The zero-order chi connectivity index (χ0) is 15.2. The van der Waals surface area contributed by atoms with E-state index in [0.717, 1.165) is 13.0 Å². The Morgan fingerprint density at radius 2 is 1.71 bits per heavy atom. The first-order valence-corrected chi connectivity index (χ1v) is 7.77. The second-order valence-corrected chi connectivity index (χ2v) is 5.22. The van der Waals surface area contributed by atoms with Gasteiger partial charge < -0.3 is 5.32 Å². The van der Waals surface area contributed by atoms with Crippen LogP contribution in [0.25, 0.3) is 0 Å². The van der Waals surface area contributed by atoms with Crippen LogP contribution in [-0.2, 0) is 19.5 Å². The number of hydrogen-bond donors (Lipinski definition) is 1. The molecule has 0 saturated carbocycles. The number of aryl methyl sites for hydroxylation is 2. The molecule has 0 saturated heterocycles. The number of rotatable bonds is 7. The molecule has 1 unspecified atom stereocenters. The van der Waals surface area contributed by atoms with Crippen molar-refractivity contribution in [3.63, 3.8) is 0 Å². The van der Waals surface area contributed by atoms with Crippen molar-refractivity contribution in [3.8, 4) is 0 Å². The van der Waals surface area contributed by atoms with Gasteiger partial charge in [-0.25, -0.2) is 4.79 Å². The molecular weight excluding hydrogens is 262 g/mol. The van der Waals surface area contributed by atoms with Crippen molar-refractivity contribution in [2.45, 2.75) is 46.3 Å². The molecule has 0 fully saturated rings. The standard InChI is InChI=1S/C17H25N3O/c1-4-14-7-9-15(10-8-14)16(18-5-2)13-20-12-11-19(6-3)17(20)21/h7-12,16,18H,4-6,13H2,1-3H3. The molecule has 1 aromatic carbocycles. The molecule has 114 valence electrons. The normalized spacial score (nSPS) is 12.5. The maximum atomic E-state index is 12.2. The van der Waals surface area contributed by atoms with Gasteiger partial charge in [-0.1, -0.05) is 38.1 Å². The fourth-order valence-electron chi connectivity index (χ4n) is 2.55. The van der Waals surface area contributed by atoms with Gasteiger partial charge in [0.15, 0.2) is 0 Å². The van der Waals surface area contributed by atoms with Crippen LogP contribution in [0.3, 0.4) is 0 Å². The molecule has 1 atom stereocenters. The van der Waals surface area contributed by atoms with Crippen LogP contribution in [-0.4, -0.2) is 15.7 Å². The molecule has 1 heterocycles. The van der Waals surface area contributed by atoms with Crippen LogP contribution in [0.5, 0.6) is 0 Å². The molecule has 1 aromatic heterocycles. The summed E-state index contributed by atoms with van der Waals surface area (Å²) in [4.78, 5) is 12.2. The first-order valence-electron chi connectivity index (χ1n) is 7.77. The van der Waals surface area contributed by atoms with Crippen molar-refractivity contribution in [2.24, 2.45) is 0 Å². The van der Waals surface area contributed by atoms with Crippen LogP contribution in [0.4, 0.5) is 0 Å². The number of imidazole rings is 1. The molecule has 0 aliphatic rings. The van der Waals surface area contributed by atoms with E-state index in [-0.39, 0.29) is 11.7 Å². The van der Waals surface area contributed by atoms with Crippen molar-refractivity contribution in [3.05, 3.63) is 58.3 Å². The molecule has 0 radical (unpaired) electrons. The van der Waals surface area contributed by atoms with Gasteiger partial charge in [0.25, 0.3) is 0 Å². The molecule has 21 heavy (non-hydrogen) atoms. The van der Waals surface area contributed by atoms with Gasteiger partial charge in [0, 0.05) is 25.5 Å². The molecular formula is C17H25N3O. The van der Waals surface area contributed by atoms with E-state index in [1.54, 1.807) is 9.13 Å². The highest BCUT2D eigenvalue weighted by Gasteiger charge is 2.13. The van der Waals surface area contributed by atoms with Crippen LogP contribution in [0, 0.1) is 0 Å². The molecule has 0 aliphatic heterocycles. The van der Waals surface area contributed by atoms with E-state index in [0.29, 0.717) is 13.1 Å². The summed E-state index contributed by atoms with van der Waals surface area (Å²) < 4.78 is 3.51. The largest absolute Gasteiger partial charge is 0.328 e. The van der Waals surface area contributed by atoms with E-state index in [1.807, 2.05) is 19.3 Å². The van der Waals surface area contributed by atoms with Crippen LogP contribution in [0.15, 0.2) is 41.5 Å². The fourth-order valence-corrected chi connectivity index (χ4v) is 2.55. The lowest BCUT2D eigenvalue weighted by atomic mass is 10.0. The van der Waals surface area contributed by atoms with Gasteiger partial charge in [0.05, 0.1) is 6.04 Å². The number of hydrogen-bond acceptors (Lipinski definition) is 2. The predicted octanol–water partition coefficient (Wildman–Crippen LogP) is 2.58. The van der Waals surface area contributed by atoms with Gasteiger partial charge in [0.2, 0.25) is 0 Å². The van der Waals surface area contributed by atoms with Crippen LogP contribution in [0.2, 0.25) is 0 Å². The summed E-state index contributed by atoms with van der Waals surface area (Å²) in [7, 11) is 0. The van der Waals surface area contributed by atoms with E-state index in [1.165, 1.54) is 11.1 Å². The molecule has 1 N–H and O–H groups in total. The molecule has 0 aliphatic carbocycles. The summed E-state index contributed by atoms with van der Waals surface area (Å²) in [6.45, 7) is 8.48. The van der Waals surface area contributed by atoms with Crippen molar-refractivity contribution in [1.82, 2.24) is 14.5 Å². The first kappa shape index (κ1) is 15.6. The van der Waals surface area contributed by atoms with Crippen molar-refractivity contribution in [2.75, 3.05) is 6.54 Å². The zero-order valence-electron chi connectivity index (χ0n) is 13.2. The summed E-state index contributed by atoms with van der Waals surface area (Å²) in [5, 5.41) is 3.47. The second-order valence-electron chi connectivity index (χ2n) is 5.22. The Balaban J connectivity index is 2.21. The van der Waals surface area contributed by atoms with Crippen LogP contribution >= 0.6 is 0 Å². The van der Waals surface area contributed by atoms with E-state index < -0.39 is 0 Å². The summed E-state index contributed by atoms with van der Waals surface area (Å²) >= 11 is 0. The third-order valence-electron chi connectivity index (χ3n) is 3.88. The van der Waals surface area contributed by atoms with E-state index in [4.69, 9.17) is 0 Å². The molecule has 0 bridgehead atoms. The fraction of sp³-hybridized carbons (Fsp3) is 0.471. The maximum Gasteiger partial charge on any atom is 0.328 e. The highest BCUT2D eigenvalue weighted by molar-refractivity contribution is 5.25. The van der Waals surface area contributed by atoms with E-state index in [9.17, 15) is 4.79 Å². The summed E-state index contributed by atoms with van der Waals surface area (Å²) in [5.74, 6) is 0. The Hall–Kier alpha value is -1.81. The van der Waals surface area contributed by atoms with Crippen LogP contribution in [0.1, 0.15) is 37.9 Å². The molecule has 0 amide bonds. The number of aromatic nitrogens is 2. The molecule has 0 spiro atoms. The van der Waals surface area contributed by atoms with Gasteiger partial charge in [-0.3, -0.25) is 9.13 Å². The van der Waals surface area contributed by atoms with Crippen LogP contribution < -0.4 is 11.0 Å². The average Bonchev–Trinajstić information content (AvgIpc) is 2.87. The Bertz CT molecular complexity index is 610. The van der Waals surface area contributed by atoms with Gasteiger partial charge in [-0.2, -0.15) is 0 Å². The number of nitrogens with one attached hydrogen (secondary N) is 1. The number of nitrogens with zero attached hydrogens (tertiary/aromatic N) is 2. The SMILES string of the molecule is CCNC(Cn1ccn(CC)c1=O)c1ccc(CC)cc1. The minimum atomic E-state index is 0.0607. The lowest BCUT2D eigenvalue weighted by Crippen LogP contribution is -2.31. The van der Waals surface area contributed by atoms with Crippen molar-refractivity contribution >= 4 is 0 Å². The third-order valence-corrected chi connectivity index (χ3v) is 3.88. The minimum absolute atomic E-state index is 0.0607. The first-order chi connectivity index (χ1) is 10.2.